The van der Waals surface area contributed by atoms with Crippen LogP contribution in [0.15, 0.2) is 52.2 Å². The van der Waals surface area contributed by atoms with E-state index in [-0.39, 0.29) is 11.7 Å². The van der Waals surface area contributed by atoms with E-state index >= 15 is 0 Å². The minimum Gasteiger partial charge on any atom is -0.327 e. The predicted molar refractivity (Wildman–Crippen MR) is 88.5 cm³/mol. The van der Waals surface area contributed by atoms with Crippen molar-refractivity contribution in [1.82, 2.24) is 14.1 Å². The van der Waals surface area contributed by atoms with E-state index in [2.05, 4.69) is 9.98 Å². The van der Waals surface area contributed by atoms with Crippen LogP contribution in [-0.2, 0) is 7.05 Å². The third kappa shape index (κ3) is 3.13. The van der Waals surface area contributed by atoms with E-state index in [1.54, 1.807) is 21.3 Å². The number of aromatic nitrogens is 3. The minimum absolute atomic E-state index is 0.331. The highest BCUT2D eigenvalue weighted by Gasteiger charge is 2.17. The number of amides is 1. The second kappa shape index (κ2) is 6.51. The zero-order chi connectivity index (χ0) is 16.4. The fraction of sp³-hybridized carbons (Fsp3) is 0.133. The van der Waals surface area contributed by atoms with E-state index < -0.39 is 0 Å². The van der Waals surface area contributed by atoms with Crippen LogP contribution < -0.4 is 4.80 Å². The first kappa shape index (κ1) is 15.7. The van der Waals surface area contributed by atoms with Gasteiger partial charge in [0.05, 0.1) is 6.20 Å². The van der Waals surface area contributed by atoms with Crippen LogP contribution in [0.2, 0.25) is 0 Å². The summed E-state index contributed by atoms with van der Waals surface area (Å²) >= 11 is 2.79. The number of rotatable bonds is 3. The highest BCUT2D eigenvalue weighted by Crippen LogP contribution is 2.22. The molecular formula is C15H13FN4OS2. The molecule has 2 aromatic heterocycles. The monoisotopic (exact) mass is 348 g/mol. The maximum absolute atomic E-state index is 13.1. The average molecular weight is 348 g/mol. The smallest absolute Gasteiger partial charge is 0.298 e. The van der Waals surface area contributed by atoms with Gasteiger partial charge in [0.25, 0.3) is 5.91 Å². The van der Waals surface area contributed by atoms with E-state index in [1.165, 1.54) is 41.4 Å². The van der Waals surface area contributed by atoms with Crippen LogP contribution in [0.1, 0.15) is 10.5 Å². The molecule has 8 heteroatoms. The summed E-state index contributed by atoms with van der Waals surface area (Å²) in [6.45, 7) is 0. The number of hydrogen-bond donors (Lipinski definition) is 0. The first-order valence-corrected chi connectivity index (χ1v) is 8.77. The predicted octanol–water partition coefficient (Wildman–Crippen LogP) is 2.87. The molecule has 0 aliphatic rings. The van der Waals surface area contributed by atoms with Crippen molar-refractivity contribution in [3.05, 3.63) is 58.4 Å². The van der Waals surface area contributed by atoms with Crippen molar-refractivity contribution in [2.45, 2.75) is 5.16 Å². The van der Waals surface area contributed by atoms with Crippen molar-refractivity contribution < 1.29 is 9.18 Å². The van der Waals surface area contributed by atoms with Crippen molar-refractivity contribution in [3.8, 4) is 5.69 Å². The lowest BCUT2D eigenvalue weighted by atomic mass is 10.3. The number of carbonyl (C=O) groups is 1. The fourth-order valence-corrected chi connectivity index (χ4v) is 3.32. The molecule has 0 radical (unpaired) electrons. The molecule has 0 unspecified atom stereocenters. The second-order valence-electron chi connectivity index (χ2n) is 4.66. The molecule has 0 aliphatic heterocycles. The number of aryl methyl sites for hydroxylation is 1. The normalized spacial score (nSPS) is 11.9. The van der Waals surface area contributed by atoms with Crippen LogP contribution in [0, 0.1) is 5.82 Å². The molecule has 0 aliphatic carbocycles. The molecule has 0 atom stereocenters. The molecule has 3 rings (SSSR count). The number of thioether (sulfide) groups is 1. The van der Waals surface area contributed by atoms with Crippen molar-refractivity contribution in [1.29, 1.82) is 0 Å². The number of benzene rings is 1. The zero-order valence-electron chi connectivity index (χ0n) is 12.4. The molecule has 5 nitrogen and oxygen atoms in total. The van der Waals surface area contributed by atoms with E-state index in [9.17, 15) is 9.18 Å². The quantitative estimate of drug-likeness (QED) is 0.684. The maximum atomic E-state index is 13.1. The molecule has 0 saturated carbocycles. The largest absolute Gasteiger partial charge is 0.327 e. The van der Waals surface area contributed by atoms with Crippen molar-refractivity contribution in [2.75, 3.05) is 6.26 Å². The van der Waals surface area contributed by atoms with E-state index in [0.717, 1.165) is 0 Å². The van der Waals surface area contributed by atoms with Crippen molar-refractivity contribution in [3.63, 3.8) is 0 Å². The molecule has 118 valence electrons. The molecule has 23 heavy (non-hydrogen) atoms. The van der Waals surface area contributed by atoms with Crippen LogP contribution in [0.3, 0.4) is 0 Å². The van der Waals surface area contributed by atoms with Gasteiger partial charge in [-0.1, -0.05) is 11.8 Å². The van der Waals surface area contributed by atoms with E-state index in [0.29, 0.717) is 21.3 Å². The Morgan fingerprint density at radius 2 is 2.09 bits per heavy atom. The second-order valence-corrected chi connectivity index (χ2v) is 6.30. The Balaban J connectivity index is 2.10. The molecule has 1 aromatic carbocycles. The first-order valence-electron chi connectivity index (χ1n) is 6.67. The van der Waals surface area contributed by atoms with Gasteiger partial charge in [-0.15, -0.1) is 11.3 Å². The van der Waals surface area contributed by atoms with Gasteiger partial charge in [-0.05, 0) is 30.5 Å². The van der Waals surface area contributed by atoms with Gasteiger partial charge < -0.3 is 4.57 Å². The van der Waals surface area contributed by atoms with E-state index in [1.807, 2.05) is 24.9 Å². The topological polar surface area (TPSA) is 52.2 Å². The summed E-state index contributed by atoms with van der Waals surface area (Å²) < 4.78 is 16.6. The molecule has 0 fully saturated rings. The van der Waals surface area contributed by atoms with Gasteiger partial charge in [0.15, 0.2) is 9.96 Å². The third-order valence-electron chi connectivity index (χ3n) is 3.17. The molecule has 0 saturated heterocycles. The summed E-state index contributed by atoms with van der Waals surface area (Å²) in [5.41, 5.74) is 1.01. The van der Waals surface area contributed by atoms with Crippen LogP contribution in [0.4, 0.5) is 4.39 Å². The Morgan fingerprint density at radius 1 is 1.35 bits per heavy atom. The molecule has 2 heterocycles. The lowest BCUT2D eigenvalue weighted by Crippen LogP contribution is -2.14. The Labute approximate surface area is 140 Å². The highest BCUT2D eigenvalue weighted by molar-refractivity contribution is 7.98. The fourth-order valence-electron chi connectivity index (χ4n) is 2.05. The molecule has 3 aromatic rings. The standard InChI is InChI=1S/C15H13FN4OS2/c1-19-7-8-23-15(19)18-13(21)12-9-17-14(22-2)20(12)11-5-3-10(16)4-6-11/h3-9H,1-2H3. The summed E-state index contributed by atoms with van der Waals surface area (Å²) in [5, 5.41) is 2.50. The van der Waals surface area contributed by atoms with Gasteiger partial charge in [0.1, 0.15) is 11.5 Å². The summed E-state index contributed by atoms with van der Waals surface area (Å²) in [6, 6.07) is 5.92. The molecular weight excluding hydrogens is 335 g/mol. The number of imidazole rings is 1. The minimum atomic E-state index is -0.389. The maximum Gasteiger partial charge on any atom is 0.298 e. The van der Waals surface area contributed by atoms with Crippen LogP contribution in [-0.4, -0.2) is 26.3 Å². The van der Waals surface area contributed by atoms with Crippen molar-refractivity contribution >= 4 is 29.0 Å². The van der Waals surface area contributed by atoms with Gasteiger partial charge in [-0.25, -0.2) is 9.37 Å². The lowest BCUT2D eigenvalue weighted by Gasteiger charge is -2.08. The van der Waals surface area contributed by atoms with Gasteiger partial charge in [-0.3, -0.25) is 9.36 Å². The summed E-state index contributed by atoms with van der Waals surface area (Å²) in [4.78, 5) is 21.5. The summed E-state index contributed by atoms with van der Waals surface area (Å²) in [7, 11) is 1.83. The Kier molecular flexibility index (Phi) is 4.44. The Hall–Kier alpha value is -2.19. The first-order chi connectivity index (χ1) is 11.1. The van der Waals surface area contributed by atoms with Gasteiger partial charge in [-0.2, -0.15) is 4.99 Å². The Morgan fingerprint density at radius 3 is 2.70 bits per heavy atom. The third-order valence-corrected chi connectivity index (χ3v) is 4.67. The number of hydrogen-bond acceptors (Lipinski definition) is 4. The molecule has 0 N–H and O–H groups in total. The SMILES string of the molecule is CSc1ncc(C(=O)N=c2sccn2C)n1-c1ccc(F)cc1. The average Bonchev–Trinajstić information content (AvgIpc) is 3.14. The van der Waals surface area contributed by atoms with Gasteiger partial charge in [0, 0.05) is 24.3 Å². The van der Waals surface area contributed by atoms with E-state index in [4.69, 9.17) is 0 Å². The number of nitrogens with zero attached hydrogens (tertiary/aromatic N) is 4. The molecule has 1 amide bonds. The molecule has 0 bridgehead atoms. The van der Waals surface area contributed by atoms with Gasteiger partial charge in [0.2, 0.25) is 0 Å². The summed E-state index contributed by atoms with van der Waals surface area (Å²) in [5.74, 6) is -0.720. The lowest BCUT2D eigenvalue weighted by molar-refractivity contribution is 0.0991. The number of halogens is 1. The zero-order valence-corrected chi connectivity index (χ0v) is 14.1. The van der Waals surface area contributed by atoms with Crippen LogP contribution in [0.5, 0.6) is 0 Å². The summed E-state index contributed by atoms with van der Waals surface area (Å²) in [6.07, 6.45) is 5.20. The van der Waals surface area contributed by atoms with Crippen molar-refractivity contribution in [2.24, 2.45) is 12.0 Å². The van der Waals surface area contributed by atoms with Crippen LogP contribution >= 0.6 is 23.1 Å². The Bertz CT molecular complexity index is 908. The highest BCUT2D eigenvalue weighted by atomic mass is 32.2. The number of thiazole rings is 1. The number of carbonyl (C=O) groups excluding carboxylic acids is 1. The van der Waals surface area contributed by atoms with Gasteiger partial charge >= 0.3 is 0 Å². The molecule has 0 spiro atoms. The van der Waals surface area contributed by atoms with Crippen LogP contribution in [0.25, 0.3) is 5.69 Å².